The SMILES string of the molecule is O=C(CNC1CCCCC1)NCC(=O)Nc1nc2ccc(OC(F)(F)F)cc2s1. The molecule has 0 atom stereocenters. The predicted molar refractivity (Wildman–Crippen MR) is 103 cm³/mol. The molecule has 2 aromatic rings. The smallest absolute Gasteiger partial charge is 0.406 e. The first-order valence-electron chi connectivity index (χ1n) is 9.25. The lowest BCUT2D eigenvalue weighted by molar-refractivity contribution is -0.274. The zero-order chi connectivity index (χ0) is 20.9. The van der Waals surface area contributed by atoms with Gasteiger partial charge < -0.3 is 20.7 Å². The van der Waals surface area contributed by atoms with Crippen molar-refractivity contribution in [2.45, 2.75) is 44.5 Å². The zero-order valence-electron chi connectivity index (χ0n) is 15.5. The quantitative estimate of drug-likeness (QED) is 0.628. The average Bonchev–Trinajstić information content (AvgIpc) is 3.05. The summed E-state index contributed by atoms with van der Waals surface area (Å²) in [4.78, 5) is 28.0. The molecule has 0 bridgehead atoms. The van der Waals surface area contributed by atoms with Gasteiger partial charge in [-0.25, -0.2) is 4.98 Å². The molecule has 0 radical (unpaired) electrons. The third kappa shape index (κ3) is 6.86. The summed E-state index contributed by atoms with van der Waals surface area (Å²) in [5.41, 5.74) is 0.431. The second-order valence-electron chi connectivity index (χ2n) is 6.74. The van der Waals surface area contributed by atoms with E-state index in [9.17, 15) is 22.8 Å². The Labute approximate surface area is 169 Å². The maximum absolute atomic E-state index is 12.3. The fraction of sp³-hybridized carbons (Fsp3) is 0.500. The molecule has 1 saturated carbocycles. The summed E-state index contributed by atoms with van der Waals surface area (Å²) >= 11 is 1.01. The number of aromatic nitrogens is 1. The maximum Gasteiger partial charge on any atom is 0.573 e. The highest BCUT2D eigenvalue weighted by Crippen LogP contribution is 2.31. The number of rotatable bonds is 7. The van der Waals surface area contributed by atoms with Crippen LogP contribution in [0.5, 0.6) is 5.75 Å². The van der Waals surface area contributed by atoms with Crippen LogP contribution in [0, 0.1) is 0 Å². The zero-order valence-corrected chi connectivity index (χ0v) is 16.3. The molecule has 1 aromatic heterocycles. The Morgan fingerprint density at radius 3 is 2.62 bits per heavy atom. The molecule has 0 spiro atoms. The molecule has 1 aliphatic carbocycles. The van der Waals surface area contributed by atoms with Gasteiger partial charge in [0.25, 0.3) is 0 Å². The topological polar surface area (TPSA) is 92.4 Å². The van der Waals surface area contributed by atoms with E-state index in [0.29, 0.717) is 16.3 Å². The van der Waals surface area contributed by atoms with E-state index in [-0.39, 0.29) is 29.9 Å². The molecule has 3 rings (SSSR count). The number of fused-ring (bicyclic) bond motifs is 1. The van der Waals surface area contributed by atoms with E-state index >= 15 is 0 Å². The summed E-state index contributed by atoms with van der Waals surface area (Å²) < 4.78 is 41.2. The summed E-state index contributed by atoms with van der Waals surface area (Å²) in [5, 5.41) is 8.47. The van der Waals surface area contributed by atoms with Crippen LogP contribution in [-0.4, -0.2) is 42.3 Å². The second kappa shape index (κ2) is 9.40. The highest BCUT2D eigenvalue weighted by Gasteiger charge is 2.31. The fourth-order valence-corrected chi connectivity index (χ4v) is 4.01. The second-order valence-corrected chi connectivity index (χ2v) is 7.77. The Kier molecular flexibility index (Phi) is 6.91. The number of carbonyl (C=O) groups excluding carboxylic acids is 2. The van der Waals surface area contributed by atoms with Crippen LogP contribution < -0.4 is 20.7 Å². The number of hydrogen-bond acceptors (Lipinski definition) is 6. The van der Waals surface area contributed by atoms with Crippen LogP contribution in [0.1, 0.15) is 32.1 Å². The van der Waals surface area contributed by atoms with Crippen molar-refractivity contribution in [1.29, 1.82) is 0 Å². The Morgan fingerprint density at radius 1 is 1.14 bits per heavy atom. The van der Waals surface area contributed by atoms with Gasteiger partial charge in [0.1, 0.15) is 5.75 Å². The van der Waals surface area contributed by atoms with Gasteiger partial charge in [-0.15, -0.1) is 13.2 Å². The minimum atomic E-state index is -4.78. The Morgan fingerprint density at radius 2 is 1.90 bits per heavy atom. The van der Waals surface area contributed by atoms with Crippen LogP contribution in [-0.2, 0) is 9.59 Å². The summed E-state index contributed by atoms with van der Waals surface area (Å²) in [6.45, 7) is -0.0649. The molecule has 7 nitrogen and oxygen atoms in total. The number of halogens is 3. The van der Waals surface area contributed by atoms with E-state index in [4.69, 9.17) is 0 Å². The van der Waals surface area contributed by atoms with E-state index in [2.05, 4.69) is 25.7 Å². The lowest BCUT2D eigenvalue weighted by Crippen LogP contribution is -2.42. The molecule has 1 aromatic carbocycles. The normalized spacial score (nSPS) is 15.3. The number of amides is 2. The number of carbonyl (C=O) groups is 2. The summed E-state index contributed by atoms with van der Waals surface area (Å²) in [6.07, 6.45) is 0.885. The number of alkyl halides is 3. The van der Waals surface area contributed by atoms with E-state index in [1.165, 1.54) is 18.6 Å². The van der Waals surface area contributed by atoms with E-state index < -0.39 is 12.3 Å². The van der Waals surface area contributed by atoms with E-state index in [1.54, 1.807) is 0 Å². The van der Waals surface area contributed by atoms with Crippen LogP contribution in [0.2, 0.25) is 0 Å². The number of thiazole rings is 1. The molecule has 11 heteroatoms. The summed E-state index contributed by atoms with van der Waals surface area (Å²) in [7, 11) is 0. The fourth-order valence-electron chi connectivity index (χ4n) is 3.10. The van der Waals surface area contributed by atoms with Crippen molar-refractivity contribution in [3.63, 3.8) is 0 Å². The van der Waals surface area contributed by atoms with Crippen LogP contribution in [0.4, 0.5) is 18.3 Å². The molecule has 1 aliphatic rings. The highest BCUT2D eigenvalue weighted by atomic mass is 32.1. The van der Waals surface area contributed by atoms with Crippen molar-refractivity contribution >= 4 is 38.5 Å². The molecule has 158 valence electrons. The van der Waals surface area contributed by atoms with Gasteiger partial charge in [-0.2, -0.15) is 0 Å². The van der Waals surface area contributed by atoms with Gasteiger partial charge in [0.15, 0.2) is 5.13 Å². The molecule has 0 aliphatic heterocycles. The van der Waals surface area contributed by atoms with Crippen molar-refractivity contribution in [1.82, 2.24) is 15.6 Å². The van der Waals surface area contributed by atoms with Crippen molar-refractivity contribution in [3.8, 4) is 5.75 Å². The van der Waals surface area contributed by atoms with Crippen molar-refractivity contribution in [2.75, 3.05) is 18.4 Å². The summed E-state index contributed by atoms with van der Waals surface area (Å²) in [6, 6.07) is 4.08. The number of nitrogens with zero attached hydrogens (tertiary/aromatic N) is 1. The first-order chi connectivity index (χ1) is 13.8. The monoisotopic (exact) mass is 430 g/mol. The number of anilines is 1. The van der Waals surface area contributed by atoms with Gasteiger partial charge in [0.05, 0.1) is 23.3 Å². The molecule has 1 heterocycles. The van der Waals surface area contributed by atoms with Gasteiger partial charge in [0.2, 0.25) is 11.8 Å². The van der Waals surface area contributed by atoms with E-state index in [0.717, 1.165) is 43.1 Å². The molecular weight excluding hydrogens is 409 g/mol. The minimum Gasteiger partial charge on any atom is -0.406 e. The largest absolute Gasteiger partial charge is 0.573 e. The molecule has 1 fully saturated rings. The first-order valence-corrected chi connectivity index (χ1v) is 10.1. The number of hydrogen-bond donors (Lipinski definition) is 3. The summed E-state index contributed by atoms with van der Waals surface area (Å²) in [5.74, 6) is -1.10. The lowest BCUT2D eigenvalue weighted by atomic mass is 9.95. The van der Waals surface area contributed by atoms with Crippen molar-refractivity contribution in [2.24, 2.45) is 0 Å². The van der Waals surface area contributed by atoms with Crippen molar-refractivity contribution in [3.05, 3.63) is 18.2 Å². The van der Waals surface area contributed by atoms with E-state index in [1.807, 2.05) is 0 Å². The molecule has 3 N–H and O–H groups in total. The molecule has 0 unspecified atom stereocenters. The van der Waals surface area contributed by atoms with Crippen LogP contribution in [0.15, 0.2) is 18.2 Å². The Hall–Kier alpha value is -2.40. The lowest BCUT2D eigenvalue weighted by Gasteiger charge is -2.22. The average molecular weight is 430 g/mol. The minimum absolute atomic E-state index is 0.154. The highest BCUT2D eigenvalue weighted by molar-refractivity contribution is 7.22. The van der Waals surface area contributed by atoms with Crippen molar-refractivity contribution < 1.29 is 27.5 Å². The van der Waals surface area contributed by atoms with Crippen LogP contribution in [0.25, 0.3) is 10.2 Å². The number of benzene rings is 1. The third-order valence-electron chi connectivity index (χ3n) is 4.44. The Balaban J connectivity index is 1.46. The predicted octanol–water partition coefficient (Wildman–Crippen LogP) is 3.17. The third-order valence-corrected chi connectivity index (χ3v) is 5.38. The molecular formula is C18H21F3N4O3S. The van der Waals surface area contributed by atoms with Gasteiger partial charge >= 0.3 is 6.36 Å². The standard InChI is InChI=1S/C18H21F3N4O3S/c19-18(20,21)28-12-6-7-13-14(8-12)29-17(24-13)25-16(27)10-23-15(26)9-22-11-4-2-1-3-5-11/h6-8,11,22H,1-5,9-10H2,(H,23,26)(H,24,25,27). The van der Waals surface area contributed by atoms with Gasteiger partial charge in [-0.1, -0.05) is 30.6 Å². The Bertz CT molecular complexity index is 866. The van der Waals surface area contributed by atoms with Gasteiger partial charge in [-0.3, -0.25) is 9.59 Å². The molecule has 2 amide bonds. The van der Waals surface area contributed by atoms with Gasteiger partial charge in [-0.05, 0) is 25.0 Å². The number of ether oxygens (including phenoxy) is 1. The molecule has 29 heavy (non-hydrogen) atoms. The first kappa shape index (κ1) is 21.3. The molecule has 0 saturated heterocycles. The van der Waals surface area contributed by atoms with Crippen LogP contribution in [0.3, 0.4) is 0 Å². The number of nitrogens with one attached hydrogen (secondary N) is 3. The van der Waals surface area contributed by atoms with Gasteiger partial charge in [0, 0.05) is 12.1 Å². The van der Waals surface area contributed by atoms with Crippen LogP contribution >= 0.6 is 11.3 Å². The maximum atomic E-state index is 12.3.